The van der Waals surface area contributed by atoms with Crippen LogP contribution in [-0.2, 0) is 6.42 Å². The van der Waals surface area contributed by atoms with Crippen molar-refractivity contribution in [2.24, 2.45) is 0 Å². The zero-order valence-electron chi connectivity index (χ0n) is 11.2. The Labute approximate surface area is 109 Å². The third-order valence-electron chi connectivity index (χ3n) is 3.34. The van der Waals surface area contributed by atoms with E-state index in [4.69, 9.17) is 9.47 Å². The first-order chi connectivity index (χ1) is 8.81. The number of piperazine rings is 1. The van der Waals surface area contributed by atoms with Crippen LogP contribution in [0.5, 0.6) is 11.5 Å². The first-order valence-electron chi connectivity index (χ1n) is 6.47. The Hall–Kier alpha value is -1.26. The van der Waals surface area contributed by atoms with E-state index in [0.717, 1.165) is 50.6 Å². The maximum atomic E-state index is 5.29. The number of nitrogens with one attached hydrogen (secondary N) is 1. The Balaban J connectivity index is 1.94. The van der Waals surface area contributed by atoms with Gasteiger partial charge in [-0.2, -0.15) is 0 Å². The lowest BCUT2D eigenvalue weighted by Gasteiger charge is -2.27. The number of methoxy groups -OCH3 is 2. The minimum atomic E-state index is 0.865. The zero-order valence-corrected chi connectivity index (χ0v) is 11.2. The van der Waals surface area contributed by atoms with E-state index in [1.165, 1.54) is 5.56 Å². The van der Waals surface area contributed by atoms with Gasteiger partial charge in [0, 0.05) is 38.8 Å². The molecule has 100 valence electrons. The minimum absolute atomic E-state index is 0.865. The molecule has 1 heterocycles. The molecule has 0 spiro atoms. The van der Waals surface area contributed by atoms with Gasteiger partial charge in [-0.1, -0.05) is 0 Å². The maximum Gasteiger partial charge on any atom is 0.122 e. The molecule has 4 nitrogen and oxygen atoms in total. The molecule has 4 heteroatoms. The van der Waals surface area contributed by atoms with E-state index in [1.807, 2.05) is 6.07 Å². The fourth-order valence-electron chi connectivity index (χ4n) is 2.23. The molecule has 1 N–H and O–H groups in total. The number of hydrogen-bond acceptors (Lipinski definition) is 4. The van der Waals surface area contributed by atoms with Crippen LogP contribution in [0.1, 0.15) is 5.56 Å². The predicted octanol–water partition coefficient (Wildman–Crippen LogP) is 1.15. The van der Waals surface area contributed by atoms with Gasteiger partial charge in [0.15, 0.2) is 0 Å². The lowest BCUT2D eigenvalue weighted by molar-refractivity contribution is 0.243. The van der Waals surface area contributed by atoms with Crippen LogP contribution in [0.2, 0.25) is 0 Å². The largest absolute Gasteiger partial charge is 0.497 e. The molecule has 0 aliphatic carbocycles. The van der Waals surface area contributed by atoms with Gasteiger partial charge in [0.05, 0.1) is 14.2 Å². The molecule has 0 aromatic heterocycles. The van der Waals surface area contributed by atoms with Crippen LogP contribution in [0, 0.1) is 0 Å². The molecule has 1 aliphatic rings. The van der Waals surface area contributed by atoms with Crippen molar-refractivity contribution in [1.82, 2.24) is 10.2 Å². The van der Waals surface area contributed by atoms with Gasteiger partial charge in [-0.15, -0.1) is 0 Å². The van der Waals surface area contributed by atoms with Crippen molar-refractivity contribution in [3.63, 3.8) is 0 Å². The lowest BCUT2D eigenvalue weighted by Crippen LogP contribution is -2.44. The molecular formula is C14H22N2O2. The van der Waals surface area contributed by atoms with Crippen molar-refractivity contribution in [1.29, 1.82) is 0 Å². The van der Waals surface area contributed by atoms with Gasteiger partial charge in [0.1, 0.15) is 11.5 Å². The number of nitrogens with zero attached hydrogens (tertiary/aromatic N) is 1. The Morgan fingerprint density at radius 3 is 2.22 bits per heavy atom. The highest BCUT2D eigenvalue weighted by Crippen LogP contribution is 2.22. The number of ether oxygens (including phenoxy) is 2. The van der Waals surface area contributed by atoms with Crippen LogP contribution in [0.3, 0.4) is 0 Å². The Kier molecular flexibility index (Phi) is 4.84. The van der Waals surface area contributed by atoms with E-state index in [-0.39, 0.29) is 0 Å². The fraction of sp³-hybridized carbons (Fsp3) is 0.571. The standard InChI is InChI=1S/C14H22N2O2/c1-17-13-9-12(10-14(11-13)18-2)3-6-16-7-4-15-5-8-16/h9-11,15H,3-8H2,1-2H3. The molecule has 0 bridgehead atoms. The fourth-order valence-corrected chi connectivity index (χ4v) is 2.23. The Morgan fingerprint density at radius 1 is 1.06 bits per heavy atom. The van der Waals surface area contributed by atoms with Crippen molar-refractivity contribution < 1.29 is 9.47 Å². The van der Waals surface area contributed by atoms with Crippen molar-refractivity contribution >= 4 is 0 Å². The van der Waals surface area contributed by atoms with Crippen molar-refractivity contribution in [3.8, 4) is 11.5 Å². The molecule has 1 aliphatic heterocycles. The molecule has 1 fully saturated rings. The molecule has 1 aromatic rings. The van der Waals surface area contributed by atoms with Crippen LogP contribution in [-0.4, -0.2) is 51.8 Å². The normalized spacial score (nSPS) is 16.6. The molecule has 0 atom stereocenters. The summed E-state index contributed by atoms with van der Waals surface area (Å²) < 4.78 is 10.6. The van der Waals surface area contributed by atoms with Crippen molar-refractivity contribution in [2.45, 2.75) is 6.42 Å². The van der Waals surface area contributed by atoms with E-state index in [0.29, 0.717) is 0 Å². The summed E-state index contributed by atoms with van der Waals surface area (Å²) in [7, 11) is 3.38. The second-order valence-corrected chi connectivity index (χ2v) is 4.56. The second-order valence-electron chi connectivity index (χ2n) is 4.56. The predicted molar refractivity (Wildman–Crippen MR) is 72.6 cm³/mol. The van der Waals surface area contributed by atoms with Gasteiger partial charge in [-0.25, -0.2) is 0 Å². The Bertz CT molecular complexity index is 354. The highest BCUT2D eigenvalue weighted by atomic mass is 16.5. The lowest BCUT2D eigenvalue weighted by atomic mass is 10.1. The molecule has 0 saturated carbocycles. The van der Waals surface area contributed by atoms with Gasteiger partial charge in [-0.05, 0) is 24.1 Å². The van der Waals surface area contributed by atoms with Crippen LogP contribution < -0.4 is 14.8 Å². The molecule has 2 rings (SSSR count). The number of hydrogen-bond donors (Lipinski definition) is 1. The summed E-state index contributed by atoms with van der Waals surface area (Å²) >= 11 is 0. The summed E-state index contributed by atoms with van der Waals surface area (Å²) in [5, 5.41) is 3.37. The van der Waals surface area contributed by atoms with Gasteiger partial charge < -0.3 is 19.7 Å². The van der Waals surface area contributed by atoms with Crippen LogP contribution in [0.15, 0.2) is 18.2 Å². The van der Waals surface area contributed by atoms with Crippen LogP contribution >= 0.6 is 0 Å². The van der Waals surface area contributed by atoms with E-state index < -0.39 is 0 Å². The van der Waals surface area contributed by atoms with Gasteiger partial charge in [0.2, 0.25) is 0 Å². The summed E-state index contributed by atoms with van der Waals surface area (Å²) in [5.74, 6) is 1.73. The number of rotatable bonds is 5. The Morgan fingerprint density at radius 2 is 1.67 bits per heavy atom. The summed E-state index contributed by atoms with van der Waals surface area (Å²) in [6.45, 7) is 5.57. The molecule has 1 aromatic carbocycles. The van der Waals surface area contributed by atoms with Gasteiger partial charge in [0.25, 0.3) is 0 Å². The smallest absolute Gasteiger partial charge is 0.122 e. The topological polar surface area (TPSA) is 33.7 Å². The molecule has 0 unspecified atom stereocenters. The summed E-state index contributed by atoms with van der Waals surface area (Å²) in [6, 6.07) is 6.09. The SMILES string of the molecule is COc1cc(CCN2CCNCC2)cc(OC)c1. The highest BCUT2D eigenvalue weighted by Gasteiger charge is 2.09. The van der Waals surface area contributed by atoms with E-state index in [1.54, 1.807) is 14.2 Å². The average Bonchev–Trinajstić information content (AvgIpc) is 2.45. The summed E-state index contributed by atoms with van der Waals surface area (Å²) in [5.41, 5.74) is 1.27. The first-order valence-corrected chi connectivity index (χ1v) is 6.47. The maximum absolute atomic E-state index is 5.29. The van der Waals surface area contributed by atoms with E-state index in [9.17, 15) is 0 Å². The highest BCUT2D eigenvalue weighted by molar-refractivity contribution is 5.38. The zero-order chi connectivity index (χ0) is 12.8. The second kappa shape index (κ2) is 6.61. The van der Waals surface area contributed by atoms with Crippen molar-refractivity contribution in [3.05, 3.63) is 23.8 Å². The molecule has 0 radical (unpaired) electrons. The van der Waals surface area contributed by atoms with E-state index in [2.05, 4.69) is 22.3 Å². The third kappa shape index (κ3) is 3.62. The minimum Gasteiger partial charge on any atom is -0.497 e. The molecule has 18 heavy (non-hydrogen) atoms. The summed E-state index contributed by atoms with van der Waals surface area (Å²) in [4.78, 5) is 2.49. The number of benzene rings is 1. The summed E-state index contributed by atoms with van der Waals surface area (Å²) in [6.07, 6.45) is 1.04. The van der Waals surface area contributed by atoms with Gasteiger partial charge in [-0.3, -0.25) is 0 Å². The third-order valence-corrected chi connectivity index (χ3v) is 3.34. The van der Waals surface area contributed by atoms with E-state index >= 15 is 0 Å². The van der Waals surface area contributed by atoms with Crippen LogP contribution in [0.25, 0.3) is 0 Å². The molecule has 1 saturated heterocycles. The van der Waals surface area contributed by atoms with Crippen LogP contribution in [0.4, 0.5) is 0 Å². The quantitative estimate of drug-likeness (QED) is 0.850. The average molecular weight is 250 g/mol. The first kappa shape index (κ1) is 13.2. The van der Waals surface area contributed by atoms with Crippen molar-refractivity contribution in [2.75, 3.05) is 46.9 Å². The molecule has 0 amide bonds. The monoisotopic (exact) mass is 250 g/mol. The van der Waals surface area contributed by atoms with Gasteiger partial charge >= 0.3 is 0 Å². The molecular weight excluding hydrogens is 228 g/mol.